The number of rotatable bonds is 1. The van der Waals surface area contributed by atoms with E-state index in [-0.39, 0.29) is 11.2 Å². The molecule has 0 nitrogen and oxygen atoms in total. The highest BCUT2D eigenvalue weighted by atomic mass is 19.1. The Morgan fingerprint density at radius 1 is 1.23 bits per heavy atom. The van der Waals surface area contributed by atoms with E-state index >= 15 is 0 Å². The van der Waals surface area contributed by atoms with Gasteiger partial charge in [-0.2, -0.15) is 0 Å². The molecule has 1 rings (SSSR count). The number of halogens is 1. The molecule has 0 unspecified atom stereocenters. The van der Waals surface area contributed by atoms with Crippen molar-refractivity contribution in [1.82, 2.24) is 0 Å². The van der Waals surface area contributed by atoms with Gasteiger partial charge in [0.2, 0.25) is 0 Å². The molecule has 0 fully saturated rings. The number of aryl methyl sites for hydroxylation is 1. The summed E-state index contributed by atoms with van der Waals surface area (Å²) in [6.45, 7) is 8.24. The summed E-state index contributed by atoms with van der Waals surface area (Å²) in [7, 11) is 0. The highest BCUT2D eigenvalue weighted by molar-refractivity contribution is 5.28. The molecule has 0 bridgehead atoms. The Bertz CT molecular complexity index is 294. The molecule has 1 aromatic rings. The van der Waals surface area contributed by atoms with Gasteiger partial charge in [0, 0.05) is 0 Å². The third-order valence-corrected chi connectivity index (χ3v) is 2.30. The molecule has 0 heterocycles. The van der Waals surface area contributed by atoms with Crippen LogP contribution >= 0.6 is 0 Å². The lowest BCUT2D eigenvalue weighted by molar-refractivity contribution is 0.567. The molecule has 0 aromatic heterocycles. The molecule has 72 valence electrons. The van der Waals surface area contributed by atoms with Crippen molar-refractivity contribution in [3.05, 3.63) is 35.1 Å². The number of hydrogen-bond acceptors (Lipinski definition) is 0. The van der Waals surface area contributed by atoms with Crippen LogP contribution in [-0.4, -0.2) is 0 Å². The molecule has 0 saturated heterocycles. The maximum absolute atomic E-state index is 13.4. The van der Waals surface area contributed by atoms with Gasteiger partial charge in [0.15, 0.2) is 0 Å². The first-order valence-electron chi connectivity index (χ1n) is 4.74. The van der Waals surface area contributed by atoms with E-state index in [0.29, 0.717) is 0 Å². The summed E-state index contributed by atoms with van der Waals surface area (Å²) in [6.07, 6.45) is 0.760. The summed E-state index contributed by atoms with van der Waals surface area (Å²) >= 11 is 0. The van der Waals surface area contributed by atoms with Crippen LogP contribution in [0.3, 0.4) is 0 Å². The van der Waals surface area contributed by atoms with Gasteiger partial charge >= 0.3 is 0 Å². The Morgan fingerprint density at radius 2 is 1.85 bits per heavy atom. The van der Waals surface area contributed by atoms with Gasteiger partial charge in [-0.3, -0.25) is 0 Å². The van der Waals surface area contributed by atoms with Gasteiger partial charge in [-0.1, -0.05) is 39.8 Å². The zero-order chi connectivity index (χ0) is 10.1. The second-order valence-corrected chi connectivity index (χ2v) is 4.41. The van der Waals surface area contributed by atoms with Crippen LogP contribution in [0.5, 0.6) is 0 Å². The van der Waals surface area contributed by atoms with Crippen molar-refractivity contribution in [1.29, 1.82) is 0 Å². The molecule has 0 aliphatic heterocycles. The minimum atomic E-state index is -0.0741. The van der Waals surface area contributed by atoms with Gasteiger partial charge in [-0.15, -0.1) is 0 Å². The van der Waals surface area contributed by atoms with E-state index in [1.165, 1.54) is 0 Å². The standard InChI is InChI=1S/C12H17F/c1-5-9-6-7-10(8-11(9)13)12(2,3)4/h6-8H,5H2,1-4H3. The first-order valence-corrected chi connectivity index (χ1v) is 4.74. The van der Waals surface area contributed by atoms with Crippen LogP contribution in [-0.2, 0) is 11.8 Å². The van der Waals surface area contributed by atoms with Crippen molar-refractivity contribution in [3.8, 4) is 0 Å². The van der Waals surface area contributed by atoms with Crippen LogP contribution in [0.1, 0.15) is 38.8 Å². The Labute approximate surface area is 79.8 Å². The smallest absolute Gasteiger partial charge is 0.126 e. The fraction of sp³-hybridized carbons (Fsp3) is 0.500. The van der Waals surface area contributed by atoms with E-state index in [4.69, 9.17) is 0 Å². The van der Waals surface area contributed by atoms with Crippen LogP contribution in [0.4, 0.5) is 4.39 Å². The van der Waals surface area contributed by atoms with E-state index in [9.17, 15) is 4.39 Å². The van der Waals surface area contributed by atoms with E-state index < -0.39 is 0 Å². The molecule has 1 aromatic carbocycles. The predicted molar refractivity (Wildman–Crippen MR) is 54.5 cm³/mol. The minimum absolute atomic E-state index is 0.0348. The molecule has 0 aliphatic rings. The van der Waals surface area contributed by atoms with Crippen LogP contribution in [0.25, 0.3) is 0 Å². The molecule has 0 aliphatic carbocycles. The highest BCUT2D eigenvalue weighted by Gasteiger charge is 2.14. The third kappa shape index (κ3) is 2.30. The van der Waals surface area contributed by atoms with Crippen LogP contribution in [0, 0.1) is 5.82 Å². The monoisotopic (exact) mass is 180 g/mol. The van der Waals surface area contributed by atoms with Crippen molar-refractivity contribution in [2.24, 2.45) is 0 Å². The lowest BCUT2D eigenvalue weighted by Gasteiger charge is -2.19. The summed E-state index contributed by atoms with van der Waals surface area (Å²) in [5, 5.41) is 0. The molecule has 0 radical (unpaired) electrons. The third-order valence-electron chi connectivity index (χ3n) is 2.30. The van der Waals surface area contributed by atoms with Gasteiger partial charge in [-0.25, -0.2) is 4.39 Å². The molecule has 0 spiro atoms. The number of benzene rings is 1. The Hall–Kier alpha value is -0.850. The molecule has 1 heteroatoms. The normalized spacial score (nSPS) is 11.8. The van der Waals surface area contributed by atoms with Crippen molar-refractivity contribution >= 4 is 0 Å². The SMILES string of the molecule is CCc1ccc(C(C)(C)C)cc1F. The quantitative estimate of drug-likeness (QED) is 0.618. The van der Waals surface area contributed by atoms with Crippen molar-refractivity contribution in [2.45, 2.75) is 39.5 Å². The van der Waals surface area contributed by atoms with Crippen molar-refractivity contribution in [3.63, 3.8) is 0 Å². The summed E-state index contributed by atoms with van der Waals surface area (Å²) in [5.41, 5.74) is 1.89. The zero-order valence-corrected chi connectivity index (χ0v) is 8.82. The summed E-state index contributed by atoms with van der Waals surface area (Å²) in [6, 6.07) is 5.55. The van der Waals surface area contributed by atoms with Crippen LogP contribution < -0.4 is 0 Å². The largest absolute Gasteiger partial charge is 0.207 e. The molecular weight excluding hydrogens is 163 g/mol. The molecule has 13 heavy (non-hydrogen) atoms. The van der Waals surface area contributed by atoms with Gasteiger partial charge in [-0.05, 0) is 29.0 Å². The zero-order valence-electron chi connectivity index (χ0n) is 8.82. The average molecular weight is 180 g/mol. The summed E-state index contributed by atoms with van der Waals surface area (Å²) in [4.78, 5) is 0. The van der Waals surface area contributed by atoms with E-state index in [1.54, 1.807) is 6.07 Å². The van der Waals surface area contributed by atoms with Gasteiger partial charge in [0.25, 0.3) is 0 Å². The maximum Gasteiger partial charge on any atom is 0.126 e. The summed E-state index contributed by atoms with van der Waals surface area (Å²) < 4.78 is 13.4. The summed E-state index contributed by atoms with van der Waals surface area (Å²) in [5.74, 6) is -0.0741. The van der Waals surface area contributed by atoms with Crippen molar-refractivity contribution in [2.75, 3.05) is 0 Å². The Morgan fingerprint density at radius 3 is 2.23 bits per heavy atom. The lowest BCUT2D eigenvalue weighted by atomic mass is 9.86. The molecule has 0 atom stereocenters. The number of hydrogen-bond donors (Lipinski definition) is 0. The van der Waals surface area contributed by atoms with Gasteiger partial charge < -0.3 is 0 Å². The molecular formula is C12H17F. The predicted octanol–water partition coefficient (Wildman–Crippen LogP) is 3.69. The topological polar surface area (TPSA) is 0 Å². The first kappa shape index (κ1) is 10.2. The minimum Gasteiger partial charge on any atom is -0.207 e. The van der Waals surface area contributed by atoms with E-state index in [0.717, 1.165) is 17.5 Å². The van der Waals surface area contributed by atoms with Crippen LogP contribution in [0.15, 0.2) is 18.2 Å². The fourth-order valence-electron chi connectivity index (χ4n) is 1.30. The Kier molecular flexibility index (Phi) is 2.74. The van der Waals surface area contributed by atoms with Gasteiger partial charge in [0.05, 0.1) is 0 Å². The van der Waals surface area contributed by atoms with Gasteiger partial charge in [0.1, 0.15) is 5.82 Å². The lowest BCUT2D eigenvalue weighted by Crippen LogP contribution is -2.11. The average Bonchev–Trinajstić information content (AvgIpc) is 2.02. The first-order chi connectivity index (χ1) is 5.95. The highest BCUT2D eigenvalue weighted by Crippen LogP contribution is 2.23. The second-order valence-electron chi connectivity index (χ2n) is 4.41. The Balaban J connectivity index is 3.10. The van der Waals surface area contributed by atoms with Crippen LogP contribution in [0.2, 0.25) is 0 Å². The molecule has 0 amide bonds. The van der Waals surface area contributed by atoms with Crippen molar-refractivity contribution < 1.29 is 4.39 Å². The van der Waals surface area contributed by atoms with E-state index in [2.05, 4.69) is 20.8 Å². The van der Waals surface area contributed by atoms with E-state index in [1.807, 2.05) is 19.1 Å². The molecule has 0 N–H and O–H groups in total. The maximum atomic E-state index is 13.4. The fourth-order valence-corrected chi connectivity index (χ4v) is 1.30. The second kappa shape index (κ2) is 3.49. The molecule has 0 saturated carbocycles.